The lowest BCUT2D eigenvalue weighted by molar-refractivity contribution is -0.133. The summed E-state index contributed by atoms with van der Waals surface area (Å²) in [5.74, 6) is 2.00. The molecule has 3 atom stereocenters. The van der Waals surface area contributed by atoms with Crippen LogP contribution in [-0.4, -0.2) is 78.8 Å². The van der Waals surface area contributed by atoms with Gasteiger partial charge in [0.1, 0.15) is 11.6 Å². The van der Waals surface area contributed by atoms with E-state index in [0.717, 1.165) is 82.4 Å². The van der Waals surface area contributed by atoms with Gasteiger partial charge in [0, 0.05) is 30.5 Å². The average Bonchev–Trinajstić information content (AvgIpc) is 3.41. The van der Waals surface area contributed by atoms with Crippen LogP contribution in [0.15, 0.2) is 34.3 Å². The van der Waals surface area contributed by atoms with Crippen molar-refractivity contribution >= 4 is 29.6 Å². The van der Waals surface area contributed by atoms with Crippen molar-refractivity contribution in [1.82, 2.24) is 9.80 Å². The van der Waals surface area contributed by atoms with E-state index in [-0.39, 0.29) is 35.5 Å². The molecular weight excluding hydrogens is 456 g/mol. The van der Waals surface area contributed by atoms with Crippen LogP contribution in [0.1, 0.15) is 61.7 Å². The first-order valence-corrected chi connectivity index (χ1v) is 13.4. The SMILES string of the molecule is COc1ccc(C(=O)C2CCN([C@H]3CCN(CC4CCCCCC4C4=NC(=O)C=N4)C3=O)CC2)cc1. The van der Waals surface area contributed by atoms with Gasteiger partial charge in [-0.1, -0.05) is 19.3 Å². The molecule has 2 unspecified atom stereocenters. The molecule has 3 fully saturated rings. The Hall–Kier alpha value is -2.87. The van der Waals surface area contributed by atoms with Crippen LogP contribution in [0.5, 0.6) is 5.75 Å². The second-order valence-corrected chi connectivity index (χ2v) is 10.6. The molecule has 3 heterocycles. The van der Waals surface area contributed by atoms with Crippen molar-refractivity contribution in [3.8, 4) is 5.75 Å². The van der Waals surface area contributed by atoms with Gasteiger partial charge in [-0.2, -0.15) is 4.99 Å². The highest BCUT2D eigenvalue weighted by Crippen LogP contribution is 2.34. The minimum atomic E-state index is -0.265. The lowest BCUT2D eigenvalue weighted by Gasteiger charge is -2.35. The molecule has 4 aliphatic rings. The number of amides is 2. The van der Waals surface area contributed by atoms with E-state index in [4.69, 9.17) is 4.74 Å². The Bertz CT molecular complexity index is 1040. The van der Waals surface area contributed by atoms with Gasteiger partial charge in [-0.3, -0.25) is 19.3 Å². The Morgan fingerprint density at radius 3 is 2.42 bits per heavy atom. The normalized spacial score (nSPS) is 27.9. The Balaban J connectivity index is 1.16. The molecular formula is C28H36N4O4. The highest BCUT2D eigenvalue weighted by Gasteiger charge is 2.40. The Morgan fingerprint density at radius 1 is 0.972 bits per heavy atom. The zero-order chi connectivity index (χ0) is 25.1. The molecule has 0 radical (unpaired) electrons. The molecule has 1 saturated carbocycles. The van der Waals surface area contributed by atoms with E-state index in [1.165, 1.54) is 12.6 Å². The Morgan fingerprint density at radius 2 is 1.72 bits per heavy atom. The minimum absolute atomic E-state index is 0.00412. The fourth-order valence-corrected chi connectivity index (χ4v) is 6.40. The van der Waals surface area contributed by atoms with Gasteiger partial charge in [-0.15, -0.1) is 0 Å². The van der Waals surface area contributed by atoms with E-state index in [0.29, 0.717) is 11.8 Å². The van der Waals surface area contributed by atoms with Gasteiger partial charge in [-0.25, -0.2) is 4.99 Å². The van der Waals surface area contributed by atoms with Crippen LogP contribution < -0.4 is 4.74 Å². The molecule has 3 aliphatic heterocycles. The molecule has 0 bridgehead atoms. The van der Waals surface area contributed by atoms with E-state index in [2.05, 4.69) is 14.9 Å². The van der Waals surface area contributed by atoms with Crippen molar-refractivity contribution in [2.24, 2.45) is 27.7 Å². The molecule has 36 heavy (non-hydrogen) atoms. The molecule has 0 spiro atoms. The molecule has 8 nitrogen and oxygen atoms in total. The van der Waals surface area contributed by atoms with Gasteiger partial charge >= 0.3 is 0 Å². The number of carbonyl (C=O) groups excluding carboxylic acids is 3. The largest absolute Gasteiger partial charge is 0.497 e. The summed E-state index contributed by atoms with van der Waals surface area (Å²) in [5, 5.41) is 0. The van der Waals surface area contributed by atoms with E-state index in [1.807, 2.05) is 29.2 Å². The van der Waals surface area contributed by atoms with Crippen LogP contribution in [0.25, 0.3) is 0 Å². The van der Waals surface area contributed by atoms with Crippen LogP contribution in [-0.2, 0) is 9.59 Å². The number of hydrogen-bond donors (Lipinski definition) is 0. The highest BCUT2D eigenvalue weighted by molar-refractivity contribution is 6.35. The number of rotatable bonds is 7. The van der Waals surface area contributed by atoms with Crippen molar-refractivity contribution in [2.75, 3.05) is 33.3 Å². The van der Waals surface area contributed by atoms with Crippen LogP contribution in [0, 0.1) is 17.8 Å². The summed E-state index contributed by atoms with van der Waals surface area (Å²) < 4.78 is 5.19. The topological polar surface area (TPSA) is 91.6 Å². The summed E-state index contributed by atoms with van der Waals surface area (Å²) in [6.45, 7) is 3.04. The zero-order valence-electron chi connectivity index (χ0n) is 21.1. The van der Waals surface area contributed by atoms with Crippen molar-refractivity contribution in [2.45, 2.75) is 57.4 Å². The van der Waals surface area contributed by atoms with E-state index in [9.17, 15) is 14.4 Å². The number of likely N-dealkylation sites (tertiary alicyclic amines) is 2. The molecule has 0 N–H and O–H groups in total. The number of ketones is 1. The first kappa shape index (κ1) is 24.8. The number of carbonyl (C=O) groups is 3. The predicted octanol–water partition coefficient (Wildman–Crippen LogP) is 3.40. The third-order valence-electron chi connectivity index (χ3n) is 8.46. The molecule has 8 heteroatoms. The van der Waals surface area contributed by atoms with Gasteiger partial charge in [0.2, 0.25) is 5.91 Å². The third kappa shape index (κ3) is 5.28. The van der Waals surface area contributed by atoms with Crippen molar-refractivity contribution in [1.29, 1.82) is 0 Å². The number of ether oxygens (including phenoxy) is 1. The Kier molecular flexibility index (Phi) is 7.60. The number of Topliss-reactive ketones (excluding diaryl/α,β-unsaturated/α-hetero) is 1. The summed E-state index contributed by atoms with van der Waals surface area (Å²) in [6.07, 6.45) is 9.19. The summed E-state index contributed by atoms with van der Waals surface area (Å²) in [6, 6.07) is 7.25. The summed E-state index contributed by atoms with van der Waals surface area (Å²) in [7, 11) is 1.62. The number of aliphatic imine (C=N–C) groups is 2. The van der Waals surface area contributed by atoms with Gasteiger partial charge in [-0.05, 0) is 75.4 Å². The maximum atomic E-state index is 13.4. The first-order chi connectivity index (χ1) is 17.5. The standard InChI is InChI=1S/C28H36N4O4/c1-36-22-9-7-19(8-10-22)26(34)20-11-14-31(15-12-20)24-13-16-32(28(24)35)18-21-5-3-2-4-6-23(21)27-29-17-25(33)30-27/h7-10,17,20-21,23-24H,2-6,11-16,18H2,1H3/t21?,23?,24-/m0/s1. The Labute approximate surface area is 212 Å². The average molecular weight is 493 g/mol. The van der Waals surface area contributed by atoms with Crippen LogP contribution >= 0.6 is 0 Å². The molecule has 192 valence electrons. The molecule has 2 amide bonds. The van der Waals surface area contributed by atoms with Gasteiger partial charge in [0.25, 0.3) is 5.91 Å². The first-order valence-electron chi connectivity index (χ1n) is 13.4. The molecule has 1 aromatic carbocycles. The smallest absolute Gasteiger partial charge is 0.289 e. The summed E-state index contributed by atoms with van der Waals surface area (Å²) >= 11 is 0. The second-order valence-electron chi connectivity index (χ2n) is 10.6. The minimum Gasteiger partial charge on any atom is -0.497 e. The second kappa shape index (κ2) is 11.0. The van der Waals surface area contributed by atoms with Crippen LogP contribution in [0.4, 0.5) is 0 Å². The fourth-order valence-electron chi connectivity index (χ4n) is 6.40. The van der Waals surface area contributed by atoms with Gasteiger partial charge < -0.3 is 9.64 Å². The van der Waals surface area contributed by atoms with Crippen molar-refractivity contribution in [3.05, 3.63) is 29.8 Å². The maximum Gasteiger partial charge on any atom is 0.289 e. The van der Waals surface area contributed by atoms with Crippen molar-refractivity contribution in [3.63, 3.8) is 0 Å². The number of amidine groups is 1. The fraction of sp³-hybridized carbons (Fsp3) is 0.607. The van der Waals surface area contributed by atoms with Crippen molar-refractivity contribution < 1.29 is 19.1 Å². The van der Waals surface area contributed by atoms with E-state index >= 15 is 0 Å². The lowest BCUT2D eigenvalue weighted by Crippen LogP contribution is -2.47. The van der Waals surface area contributed by atoms with E-state index in [1.54, 1.807) is 7.11 Å². The number of hydrogen-bond acceptors (Lipinski definition) is 6. The molecule has 2 saturated heterocycles. The molecule has 5 rings (SSSR count). The molecule has 1 aliphatic carbocycles. The number of piperidine rings is 1. The maximum absolute atomic E-state index is 13.4. The van der Waals surface area contributed by atoms with E-state index < -0.39 is 0 Å². The number of nitrogens with zero attached hydrogens (tertiary/aromatic N) is 4. The summed E-state index contributed by atoms with van der Waals surface area (Å²) in [4.78, 5) is 50.8. The quantitative estimate of drug-likeness (QED) is 0.430. The highest BCUT2D eigenvalue weighted by atomic mass is 16.5. The third-order valence-corrected chi connectivity index (χ3v) is 8.46. The molecule has 1 aromatic rings. The molecule has 0 aromatic heterocycles. The summed E-state index contributed by atoms with van der Waals surface area (Å²) in [5.41, 5.74) is 0.730. The lowest BCUT2D eigenvalue weighted by atomic mass is 9.86. The zero-order valence-corrected chi connectivity index (χ0v) is 21.1. The number of benzene rings is 1. The van der Waals surface area contributed by atoms with Crippen LogP contribution in [0.3, 0.4) is 0 Å². The van der Waals surface area contributed by atoms with Crippen LogP contribution in [0.2, 0.25) is 0 Å². The monoisotopic (exact) mass is 492 g/mol. The number of methoxy groups -OCH3 is 1. The van der Waals surface area contributed by atoms with Gasteiger partial charge in [0.05, 0.1) is 19.4 Å². The van der Waals surface area contributed by atoms with Gasteiger partial charge in [0.15, 0.2) is 5.78 Å². The predicted molar refractivity (Wildman–Crippen MR) is 138 cm³/mol.